The first-order valence-electron chi connectivity index (χ1n) is 6.99. The monoisotopic (exact) mass is 287 g/mol. The van der Waals surface area contributed by atoms with Crippen molar-refractivity contribution in [3.63, 3.8) is 0 Å². The number of hydrogen-bond donors (Lipinski definition) is 2. The van der Waals surface area contributed by atoms with Crippen molar-refractivity contribution in [2.75, 3.05) is 0 Å². The normalized spacial score (nSPS) is 11.1. The molecule has 0 bridgehead atoms. The van der Waals surface area contributed by atoms with Gasteiger partial charge in [-0.15, -0.1) is 0 Å². The van der Waals surface area contributed by atoms with E-state index in [2.05, 4.69) is 34.5 Å². The number of aromatic nitrogens is 2. The van der Waals surface area contributed by atoms with E-state index < -0.39 is 5.91 Å². The van der Waals surface area contributed by atoms with Crippen LogP contribution in [0.3, 0.4) is 0 Å². The number of H-pyrrole nitrogens is 1. The van der Waals surface area contributed by atoms with Crippen LogP contribution in [0.2, 0.25) is 0 Å². The molecule has 0 fully saturated rings. The summed E-state index contributed by atoms with van der Waals surface area (Å²) in [6.45, 7) is 0. The summed E-state index contributed by atoms with van der Waals surface area (Å²) in [4.78, 5) is 11.4. The Bertz CT molecular complexity index is 1020. The molecular weight excluding hydrogens is 274 g/mol. The van der Waals surface area contributed by atoms with Crippen molar-refractivity contribution in [2.45, 2.75) is 0 Å². The predicted molar refractivity (Wildman–Crippen MR) is 87.6 cm³/mol. The highest BCUT2D eigenvalue weighted by atomic mass is 16.1. The van der Waals surface area contributed by atoms with E-state index in [0.29, 0.717) is 5.56 Å². The molecule has 4 heteroatoms. The maximum atomic E-state index is 11.4. The average Bonchev–Trinajstić information content (AvgIpc) is 2.97. The third kappa shape index (κ3) is 1.93. The van der Waals surface area contributed by atoms with Gasteiger partial charge in [-0.1, -0.05) is 36.4 Å². The molecular formula is C18H13N3O. The van der Waals surface area contributed by atoms with Gasteiger partial charge in [0.05, 0.1) is 11.2 Å². The predicted octanol–water partition coefficient (Wildman–Crippen LogP) is 3.48. The van der Waals surface area contributed by atoms with E-state index in [9.17, 15) is 4.79 Å². The second-order valence-electron chi connectivity index (χ2n) is 5.26. The Hall–Kier alpha value is -3.14. The second-order valence-corrected chi connectivity index (χ2v) is 5.26. The Morgan fingerprint density at radius 1 is 0.955 bits per heavy atom. The van der Waals surface area contributed by atoms with Crippen molar-refractivity contribution in [1.82, 2.24) is 10.2 Å². The molecule has 106 valence electrons. The summed E-state index contributed by atoms with van der Waals surface area (Å²) in [5.74, 6) is -0.437. The van der Waals surface area contributed by atoms with E-state index in [0.717, 1.165) is 27.5 Å². The molecule has 4 nitrogen and oxygen atoms in total. The van der Waals surface area contributed by atoms with Crippen LogP contribution in [0.4, 0.5) is 0 Å². The van der Waals surface area contributed by atoms with Gasteiger partial charge in [-0.2, -0.15) is 5.10 Å². The van der Waals surface area contributed by atoms with E-state index in [4.69, 9.17) is 5.73 Å². The number of benzene rings is 3. The summed E-state index contributed by atoms with van der Waals surface area (Å²) in [5, 5.41) is 10.6. The molecule has 0 aliphatic rings. The fourth-order valence-corrected chi connectivity index (χ4v) is 2.72. The van der Waals surface area contributed by atoms with Crippen LogP contribution in [-0.2, 0) is 0 Å². The molecule has 0 saturated carbocycles. The van der Waals surface area contributed by atoms with E-state index >= 15 is 0 Å². The van der Waals surface area contributed by atoms with Crippen molar-refractivity contribution in [2.24, 2.45) is 5.73 Å². The summed E-state index contributed by atoms with van der Waals surface area (Å²) >= 11 is 0. The fourth-order valence-electron chi connectivity index (χ4n) is 2.72. The number of rotatable bonds is 2. The topological polar surface area (TPSA) is 71.8 Å². The van der Waals surface area contributed by atoms with Crippen LogP contribution in [0, 0.1) is 0 Å². The molecule has 0 radical (unpaired) electrons. The van der Waals surface area contributed by atoms with Crippen molar-refractivity contribution in [1.29, 1.82) is 0 Å². The van der Waals surface area contributed by atoms with Gasteiger partial charge in [0.15, 0.2) is 0 Å². The lowest BCUT2D eigenvalue weighted by molar-refractivity contribution is 0.100. The van der Waals surface area contributed by atoms with E-state index in [-0.39, 0.29) is 0 Å². The molecule has 0 aliphatic heterocycles. The molecule has 4 rings (SSSR count). The van der Waals surface area contributed by atoms with Crippen LogP contribution in [0.5, 0.6) is 0 Å². The minimum Gasteiger partial charge on any atom is -0.366 e. The lowest BCUT2D eigenvalue weighted by atomic mass is 10.0. The molecule has 4 aromatic rings. The number of carbonyl (C=O) groups is 1. The van der Waals surface area contributed by atoms with Gasteiger partial charge < -0.3 is 5.73 Å². The van der Waals surface area contributed by atoms with Crippen LogP contribution < -0.4 is 5.73 Å². The van der Waals surface area contributed by atoms with Crippen molar-refractivity contribution in [3.8, 4) is 11.3 Å². The Morgan fingerprint density at radius 2 is 1.77 bits per heavy atom. The number of aromatic amines is 1. The smallest absolute Gasteiger partial charge is 0.248 e. The molecule has 0 atom stereocenters. The third-order valence-corrected chi connectivity index (χ3v) is 3.87. The number of hydrogen-bond acceptors (Lipinski definition) is 2. The quantitative estimate of drug-likeness (QED) is 0.592. The number of nitrogens with two attached hydrogens (primary N) is 1. The van der Waals surface area contributed by atoms with Crippen LogP contribution in [-0.4, -0.2) is 16.1 Å². The molecule has 0 aliphatic carbocycles. The Balaban J connectivity index is 1.95. The average molecular weight is 287 g/mol. The zero-order chi connectivity index (χ0) is 15.1. The number of nitrogens with one attached hydrogen (secondary N) is 1. The van der Waals surface area contributed by atoms with Crippen molar-refractivity contribution >= 4 is 27.6 Å². The Morgan fingerprint density at radius 3 is 2.59 bits per heavy atom. The van der Waals surface area contributed by atoms with Gasteiger partial charge in [0.1, 0.15) is 0 Å². The van der Waals surface area contributed by atoms with Crippen LogP contribution in [0.15, 0.2) is 60.7 Å². The first-order chi connectivity index (χ1) is 10.7. The SMILES string of the molecule is NC(=O)c1ccc2[nH]nc(-c3ccc4ccccc4c3)c2c1. The highest BCUT2D eigenvalue weighted by molar-refractivity contribution is 6.01. The van der Waals surface area contributed by atoms with Gasteiger partial charge in [0.25, 0.3) is 0 Å². The summed E-state index contributed by atoms with van der Waals surface area (Å²) < 4.78 is 0. The van der Waals surface area contributed by atoms with Gasteiger partial charge in [-0.25, -0.2) is 0 Å². The first kappa shape index (κ1) is 12.6. The van der Waals surface area contributed by atoms with Crippen LogP contribution in [0.1, 0.15) is 10.4 Å². The van der Waals surface area contributed by atoms with Crippen molar-refractivity contribution < 1.29 is 4.79 Å². The van der Waals surface area contributed by atoms with Crippen LogP contribution >= 0.6 is 0 Å². The zero-order valence-corrected chi connectivity index (χ0v) is 11.7. The molecule has 22 heavy (non-hydrogen) atoms. The molecule has 1 amide bonds. The van der Waals surface area contributed by atoms with Gasteiger partial charge in [0.2, 0.25) is 5.91 Å². The van der Waals surface area contributed by atoms with Gasteiger partial charge >= 0.3 is 0 Å². The summed E-state index contributed by atoms with van der Waals surface area (Å²) in [7, 11) is 0. The van der Waals surface area contributed by atoms with Gasteiger partial charge in [-0.05, 0) is 35.0 Å². The maximum Gasteiger partial charge on any atom is 0.248 e. The van der Waals surface area contributed by atoms with Crippen molar-refractivity contribution in [3.05, 3.63) is 66.2 Å². The molecule has 1 aromatic heterocycles. The maximum absolute atomic E-state index is 11.4. The number of fused-ring (bicyclic) bond motifs is 2. The Kier molecular flexibility index (Phi) is 2.69. The van der Waals surface area contributed by atoms with E-state index in [1.165, 1.54) is 5.39 Å². The van der Waals surface area contributed by atoms with Gasteiger partial charge in [0, 0.05) is 16.5 Å². The molecule has 1 heterocycles. The minimum atomic E-state index is -0.437. The number of amides is 1. The number of nitrogens with zero attached hydrogens (tertiary/aromatic N) is 1. The lowest BCUT2D eigenvalue weighted by Crippen LogP contribution is -2.10. The summed E-state index contributed by atoms with van der Waals surface area (Å²) in [6.07, 6.45) is 0. The van der Waals surface area contributed by atoms with E-state index in [1.807, 2.05) is 24.3 Å². The van der Waals surface area contributed by atoms with Crippen LogP contribution in [0.25, 0.3) is 32.9 Å². The molecule has 3 aromatic carbocycles. The molecule has 0 spiro atoms. The minimum absolute atomic E-state index is 0.437. The second kappa shape index (κ2) is 4.70. The highest BCUT2D eigenvalue weighted by Crippen LogP contribution is 2.29. The Labute approximate surface area is 126 Å². The summed E-state index contributed by atoms with van der Waals surface area (Å²) in [6, 6.07) is 19.7. The number of carbonyl (C=O) groups excluding carboxylic acids is 1. The van der Waals surface area contributed by atoms with Gasteiger partial charge in [-0.3, -0.25) is 9.89 Å². The highest BCUT2D eigenvalue weighted by Gasteiger charge is 2.11. The molecule has 0 saturated heterocycles. The number of primary amides is 1. The fraction of sp³-hybridized carbons (Fsp3) is 0. The molecule has 3 N–H and O–H groups in total. The summed E-state index contributed by atoms with van der Waals surface area (Å²) in [5.41, 5.74) is 8.56. The van der Waals surface area contributed by atoms with E-state index in [1.54, 1.807) is 12.1 Å². The first-order valence-corrected chi connectivity index (χ1v) is 6.99. The largest absolute Gasteiger partial charge is 0.366 e. The lowest BCUT2D eigenvalue weighted by Gasteiger charge is -2.02. The molecule has 0 unspecified atom stereocenters. The zero-order valence-electron chi connectivity index (χ0n) is 11.7. The third-order valence-electron chi connectivity index (χ3n) is 3.87. The standard InChI is InChI=1S/C18H13N3O/c19-18(22)14-7-8-16-15(10-14)17(21-20-16)13-6-5-11-3-1-2-4-12(11)9-13/h1-10H,(H2,19,22)(H,20,21).